The summed E-state index contributed by atoms with van der Waals surface area (Å²) in [5.41, 5.74) is 0.266. The minimum absolute atomic E-state index is 0.103. The second-order valence-electron chi connectivity index (χ2n) is 10.6. The van der Waals surface area contributed by atoms with E-state index in [-0.39, 0.29) is 23.5 Å². The molecule has 0 unspecified atom stereocenters. The van der Waals surface area contributed by atoms with Crippen LogP contribution >= 0.6 is 0 Å². The van der Waals surface area contributed by atoms with Crippen molar-refractivity contribution in [1.82, 2.24) is 34.0 Å². The van der Waals surface area contributed by atoms with Gasteiger partial charge in [0.1, 0.15) is 11.6 Å². The first-order chi connectivity index (χ1) is 21.3. The monoisotopic (exact) mass is 606 g/mol. The minimum Gasteiger partial charge on any atom is -0.385 e. The number of pyridine rings is 2. The van der Waals surface area contributed by atoms with Crippen molar-refractivity contribution < 1.29 is 18.7 Å². The number of imidazole rings is 1. The summed E-state index contributed by atoms with van der Waals surface area (Å²) in [7, 11) is 1.58. The number of aromatic nitrogens is 6. The zero-order chi connectivity index (χ0) is 31.2. The van der Waals surface area contributed by atoms with Gasteiger partial charge in [-0.3, -0.25) is 28.8 Å². The van der Waals surface area contributed by atoms with Crippen molar-refractivity contribution in [2.45, 2.75) is 52.1 Å². The molecule has 14 heteroatoms. The predicted octanol–water partition coefficient (Wildman–Crippen LogP) is 2.59. The molecule has 0 bridgehead atoms. The van der Waals surface area contributed by atoms with Crippen molar-refractivity contribution in [3.05, 3.63) is 69.0 Å². The number of halogens is 1. The molecule has 5 rings (SSSR count). The largest absolute Gasteiger partial charge is 0.385 e. The number of likely N-dealkylation sites (tertiary alicyclic amines) is 1. The van der Waals surface area contributed by atoms with Crippen LogP contribution in [0.2, 0.25) is 0 Å². The van der Waals surface area contributed by atoms with Crippen LogP contribution < -0.4 is 16.1 Å². The Morgan fingerprint density at radius 1 is 1.05 bits per heavy atom. The van der Waals surface area contributed by atoms with E-state index in [2.05, 4.69) is 19.9 Å². The van der Waals surface area contributed by atoms with Gasteiger partial charge >= 0.3 is 5.69 Å². The molecule has 0 aromatic carbocycles. The molecule has 0 aliphatic carbocycles. The number of anilines is 1. The Bertz CT molecular complexity index is 1750. The number of rotatable bonds is 13. The van der Waals surface area contributed by atoms with Crippen LogP contribution in [0, 0.1) is 5.95 Å². The highest BCUT2D eigenvalue weighted by Gasteiger charge is 2.24. The van der Waals surface area contributed by atoms with Crippen molar-refractivity contribution in [2.24, 2.45) is 0 Å². The molecule has 1 saturated heterocycles. The number of aryl methyl sites for hydroxylation is 2. The third-order valence-corrected chi connectivity index (χ3v) is 7.54. The van der Waals surface area contributed by atoms with Gasteiger partial charge in [0.25, 0.3) is 11.5 Å². The number of carbonyl (C=O) groups excluding carboxylic acids is 2. The van der Waals surface area contributed by atoms with E-state index in [1.54, 1.807) is 30.3 Å². The summed E-state index contributed by atoms with van der Waals surface area (Å²) in [6.45, 7) is 4.74. The Balaban J connectivity index is 1.49. The summed E-state index contributed by atoms with van der Waals surface area (Å²) in [5.74, 6) is -0.184. The lowest BCUT2D eigenvalue weighted by Gasteiger charge is -2.23. The number of ether oxygens (including phenoxy) is 1. The number of amides is 2. The van der Waals surface area contributed by atoms with Crippen LogP contribution in [0.4, 0.5) is 10.2 Å². The lowest BCUT2D eigenvalue weighted by Crippen LogP contribution is -2.35. The maximum Gasteiger partial charge on any atom is 0.330 e. The number of fused-ring (bicyclic) bond motifs is 1. The molecular formula is C30H35FN8O5. The van der Waals surface area contributed by atoms with Gasteiger partial charge in [-0.15, -0.1) is 0 Å². The van der Waals surface area contributed by atoms with Crippen molar-refractivity contribution in [3.63, 3.8) is 0 Å². The number of nitrogens with zero attached hydrogens (tertiary/aromatic N) is 7. The zero-order valence-corrected chi connectivity index (χ0v) is 24.8. The van der Waals surface area contributed by atoms with Crippen molar-refractivity contribution in [3.8, 4) is 11.4 Å². The quantitative estimate of drug-likeness (QED) is 0.180. The summed E-state index contributed by atoms with van der Waals surface area (Å²) < 4.78 is 22.0. The first-order valence-electron chi connectivity index (χ1n) is 14.7. The van der Waals surface area contributed by atoms with E-state index >= 15 is 0 Å². The van der Waals surface area contributed by atoms with E-state index in [4.69, 9.17) is 4.74 Å². The molecule has 1 fully saturated rings. The van der Waals surface area contributed by atoms with Gasteiger partial charge in [-0.05, 0) is 49.9 Å². The Morgan fingerprint density at radius 3 is 2.55 bits per heavy atom. The Morgan fingerprint density at radius 2 is 1.89 bits per heavy atom. The highest BCUT2D eigenvalue weighted by Crippen LogP contribution is 2.25. The Kier molecular flexibility index (Phi) is 9.58. The number of aromatic amines is 1. The molecule has 13 nitrogen and oxygen atoms in total. The number of hydrogen-bond acceptors (Lipinski definition) is 8. The van der Waals surface area contributed by atoms with Crippen molar-refractivity contribution in [2.75, 3.05) is 38.3 Å². The highest BCUT2D eigenvalue weighted by molar-refractivity contribution is 6.05. The topological polar surface area (TPSA) is 148 Å². The van der Waals surface area contributed by atoms with Crippen LogP contribution in [0.3, 0.4) is 0 Å². The van der Waals surface area contributed by atoms with E-state index in [9.17, 15) is 23.6 Å². The summed E-state index contributed by atoms with van der Waals surface area (Å²) >= 11 is 0. The van der Waals surface area contributed by atoms with E-state index in [1.165, 1.54) is 21.7 Å². The first kappa shape index (κ1) is 30.7. The average molecular weight is 607 g/mol. The van der Waals surface area contributed by atoms with Crippen LogP contribution in [0.15, 0.2) is 46.2 Å². The SMILES string of the molecule is CCCn1c(-c2ccc(N(CCCN3CCCC3=O)C(=O)c3ccc(F)nc3)nc2)nc2c(=O)[nH]c(=O)n(CCCOC)c21. The predicted molar refractivity (Wildman–Crippen MR) is 161 cm³/mol. The number of carbonyl (C=O) groups is 2. The number of nitrogens with one attached hydrogen (secondary N) is 1. The molecule has 4 aromatic heterocycles. The normalized spacial score (nSPS) is 13.2. The lowest BCUT2D eigenvalue weighted by molar-refractivity contribution is -0.127. The standard InChI is InChI=1S/C30H35FN8O5/c1-3-12-38-26(34-25-27(41)35-30(43)39(28(25)38)16-6-17-44-2)20-9-11-23(33-18-20)37(15-5-14-36-13-4-7-24(36)40)29(42)21-8-10-22(31)32-19-21/h8-11,18-19H,3-7,12-17H2,1-2H3,(H,35,41,43). The zero-order valence-electron chi connectivity index (χ0n) is 24.8. The van der Waals surface area contributed by atoms with E-state index in [0.29, 0.717) is 74.9 Å². The average Bonchev–Trinajstić information content (AvgIpc) is 3.61. The van der Waals surface area contributed by atoms with Crippen LogP contribution in [0.5, 0.6) is 0 Å². The van der Waals surface area contributed by atoms with Crippen LogP contribution in [-0.2, 0) is 22.6 Å². The van der Waals surface area contributed by atoms with Gasteiger partial charge in [0, 0.05) is 70.8 Å². The molecule has 1 aliphatic rings. The lowest BCUT2D eigenvalue weighted by atomic mass is 10.2. The summed E-state index contributed by atoms with van der Waals surface area (Å²) in [4.78, 5) is 69.6. The maximum absolute atomic E-state index is 13.5. The highest BCUT2D eigenvalue weighted by atomic mass is 19.1. The Hall–Kier alpha value is -4.72. The van der Waals surface area contributed by atoms with Crippen LogP contribution in [0.25, 0.3) is 22.6 Å². The molecule has 0 atom stereocenters. The summed E-state index contributed by atoms with van der Waals surface area (Å²) in [6, 6.07) is 5.92. The van der Waals surface area contributed by atoms with Crippen LogP contribution in [0.1, 0.15) is 49.4 Å². The number of H-pyrrole nitrogens is 1. The van der Waals surface area contributed by atoms with E-state index in [0.717, 1.165) is 18.9 Å². The summed E-state index contributed by atoms with van der Waals surface area (Å²) in [6.07, 6.45) is 5.91. The van der Waals surface area contributed by atoms with Gasteiger partial charge in [-0.1, -0.05) is 6.92 Å². The van der Waals surface area contributed by atoms with E-state index < -0.39 is 23.1 Å². The minimum atomic E-state index is -0.693. The van der Waals surface area contributed by atoms with Gasteiger partial charge in [0.2, 0.25) is 11.9 Å². The molecule has 1 N–H and O–H groups in total. The molecule has 0 radical (unpaired) electrons. The molecule has 5 heterocycles. The molecule has 232 valence electrons. The molecule has 1 aliphatic heterocycles. The smallest absolute Gasteiger partial charge is 0.330 e. The van der Waals surface area contributed by atoms with Crippen LogP contribution in [-0.4, -0.2) is 79.1 Å². The maximum atomic E-state index is 13.5. The first-order valence-corrected chi connectivity index (χ1v) is 14.7. The van der Waals surface area contributed by atoms with Crippen molar-refractivity contribution >= 4 is 28.8 Å². The molecule has 0 spiro atoms. The number of hydrogen-bond donors (Lipinski definition) is 1. The fourth-order valence-electron chi connectivity index (χ4n) is 5.44. The fraction of sp³-hybridized carbons (Fsp3) is 0.433. The molecular weight excluding hydrogens is 571 g/mol. The molecule has 4 aromatic rings. The third-order valence-electron chi connectivity index (χ3n) is 7.54. The molecule has 2 amide bonds. The van der Waals surface area contributed by atoms with Gasteiger partial charge < -0.3 is 14.2 Å². The van der Waals surface area contributed by atoms with Gasteiger partial charge in [0.05, 0.1) is 5.56 Å². The van der Waals surface area contributed by atoms with E-state index in [1.807, 2.05) is 11.5 Å². The Labute approximate surface area is 252 Å². The third kappa shape index (κ3) is 6.44. The second kappa shape index (κ2) is 13.7. The van der Waals surface area contributed by atoms with Gasteiger partial charge in [0.15, 0.2) is 11.2 Å². The summed E-state index contributed by atoms with van der Waals surface area (Å²) in [5, 5.41) is 0. The number of methoxy groups -OCH3 is 1. The molecule has 0 saturated carbocycles. The molecule has 44 heavy (non-hydrogen) atoms. The second-order valence-corrected chi connectivity index (χ2v) is 10.6. The van der Waals surface area contributed by atoms with Crippen molar-refractivity contribution in [1.29, 1.82) is 0 Å². The fourth-order valence-corrected chi connectivity index (χ4v) is 5.44. The van der Waals surface area contributed by atoms with Gasteiger partial charge in [-0.25, -0.2) is 19.7 Å². The van der Waals surface area contributed by atoms with Gasteiger partial charge in [-0.2, -0.15) is 4.39 Å².